The van der Waals surface area contributed by atoms with Gasteiger partial charge in [0.05, 0.1) is 0 Å². The van der Waals surface area contributed by atoms with Gasteiger partial charge in [-0.05, 0) is 25.4 Å². The average molecular weight is 271 g/mol. The molecule has 0 saturated heterocycles. The molecule has 4 heteroatoms. The van der Waals surface area contributed by atoms with Crippen LogP contribution in [0.25, 0.3) is 0 Å². The highest BCUT2D eigenvalue weighted by Crippen LogP contribution is 2.29. The summed E-state index contributed by atoms with van der Waals surface area (Å²) in [4.78, 5) is 0. The van der Waals surface area contributed by atoms with Crippen molar-refractivity contribution in [2.24, 2.45) is 0 Å². The molecule has 14 heavy (non-hydrogen) atoms. The maximum Gasteiger partial charge on any atom is 0.0156 e. The molecule has 0 aliphatic rings. The summed E-state index contributed by atoms with van der Waals surface area (Å²) in [7, 11) is 4.10. The molecular weight excluding hydrogens is 248 g/mol. The van der Waals surface area contributed by atoms with E-state index in [0.29, 0.717) is 0 Å². The van der Waals surface area contributed by atoms with Gasteiger partial charge in [0.2, 0.25) is 0 Å². The molecule has 0 radical (unpaired) electrons. The van der Waals surface area contributed by atoms with E-state index in [2.05, 4.69) is 47.9 Å². The predicted molar refractivity (Wildman–Crippen MR) is 80.1 cm³/mol. The summed E-state index contributed by atoms with van der Waals surface area (Å²) in [5, 5.41) is 1.70. The quantitative estimate of drug-likeness (QED) is 0.441. The van der Waals surface area contributed by atoms with Gasteiger partial charge < -0.3 is 0 Å². The Bertz CT molecular complexity index is 96.7. The van der Waals surface area contributed by atoms with Crippen LogP contribution in [0.3, 0.4) is 0 Å². The molecule has 2 unspecified atom stereocenters. The van der Waals surface area contributed by atoms with Gasteiger partial charge >= 0.3 is 0 Å². The van der Waals surface area contributed by atoms with Gasteiger partial charge in [-0.3, -0.25) is 0 Å². The summed E-state index contributed by atoms with van der Waals surface area (Å²) in [5.74, 6) is 2.60. The summed E-state index contributed by atoms with van der Waals surface area (Å²) < 4.78 is 0. The molecule has 86 valence electrons. The van der Waals surface area contributed by atoms with Crippen LogP contribution in [-0.2, 0) is 0 Å². The molecule has 0 aliphatic heterocycles. The maximum atomic E-state index is 2.28. The van der Waals surface area contributed by atoms with Crippen molar-refractivity contribution in [2.45, 2.75) is 37.2 Å². The minimum absolute atomic E-state index is 0.849. The molecule has 0 fully saturated rings. The fraction of sp³-hybridized carbons (Fsp3) is 1.00. The Balaban J connectivity index is 3.35. The molecule has 0 heterocycles. The Kier molecular flexibility index (Phi) is 12.0. The Morgan fingerprint density at radius 1 is 0.786 bits per heavy atom. The summed E-state index contributed by atoms with van der Waals surface area (Å²) >= 11 is 4.00. The first-order valence-electron chi connectivity index (χ1n) is 5.08. The van der Waals surface area contributed by atoms with Crippen molar-refractivity contribution in [2.75, 3.05) is 24.0 Å². The van der Waals surface area contributed by atoms with Crippen LogP contribution in [0.1, 0.15) is 26.7 Å². The second-order valence-corrected chi connectivity index (χ2v) is 7.93. The zero-order chi connectivity index (χ0) is 10.8. The van der Waals surface area contributed by atoms with Gasteiger partial charge in [0, 0.05) is 22.0 Å². The van der Waals surface area contributed by atoms with Crippen LogP contribution in [0.15, 0.2) is 0 Å². The molecule has 0 bridgehead atoms. The fourth-order valence-corrected chi connectivity index (χ4v) is 6.16. The Morgan fingerprint density at radius 2 is 1.14 bits per heavy atom. The van der Waals surface area contributed by atoms with E-state index in [0.717, 1.165) is 10.5 Å². The monoisotopic (exact) mass is 270 g/mol. The molecule has 0 nitrogen and oxygen atoms in total. The molecule has 0 N–H and O–H groups in total. The zero-order valence-corrected chi connectivity index (χ0v) is 12.9. The SMILES string of the molecule is CCC(CSSCC(CC)SC)SC. The number of hydrogen-bond donors (Lipinski definition) is 0. The normalized spacial score (nSPS) is 15.4. The van der Waals surface area contributed by atoms with Crippen molar-refractivity contribution < 1.29 is 0 Å². The van der Waals surface area contributed by atoms with Crippen molar-refractivity contribution in [1.82, 2.24) is 0 Å². The third-order valence-electron chi connectivity index (χ3n) is 2.17. The Morgan fingerprint density at radius 3 is 1.36 bits per heavy atom. The van der Waals surface area contributed by atoms with Crippen molar-refractivity contribution in [1.29, 1.82) is 0 Å². The van der Waals surface area contributed by atoms with E-state index in [-0.39, 0.29) is 0 Å². The third-order valence-corrected chi connectivity index (χ3v) is 7.48. The lowest BCUT2D eigenvalue weighted by Crippen LogP contribution is -2.04. The zero-order valence-electron chi connectivity index (χ0n) is 9.62. The molecular formula is C10H22S4. The lowest BCUT2D eigenvalue weighted by Gasteiger charge is -2.13. The van der Waals surface area contributed by atoms with E-state index in [1.807, 2.05) is 23.5 Å². The highest BCUT2D eigenvalue weighted by atomic mass is 33.1. The van der Waals surface area contributed by atoms with Crippen molar-refractivity contribution >= 4 is 45.1 Å². The van der Waals surface area contributed by atoms with Crippen molar-refractivity contribution in [3.8, 4) is 0 Å². The molecule has 0 aromatic rings. The van der Waals surface area contributed by atoms with Gasteiger partial charge in [-0.2, -0.15) is 23.5 Å². The van der Waals surface area contributed by atoms with Crippen LogP contribution < -0.4 is 0 Å². The first-order chi connectivity index (χ1) is 6.78. The standard InChI is InChI=1S/C10H22S4/c1-5-9(11-3)7-13-14-8-10(6-2)12-4/h9-10H,5-8H2,1-4H3. The van der Waals surface area contributed by atoms with Crippen LogP contribution in [0, 0.1) is 0 Å². The van der Waals surface area contributed by atoms with E-state index in [1.54, 1.807) is 0 Å². The van der Waals surface area contributed by atoms with Gasteiger partial charge in [0.15, 0.2) is 0 Å². The summed E-state index contributed by atoms with van der Waals surface area (Å²) in [5.41, 5.74) is 0. The molecule has 2 atom stereocenters. The Hall–Kier alpha value is 1.40. The van der Waals surface area contributed by atoms with Gasteiger partial charge in [-0.1, -0.05) is 35.4 Å². The molecule has 0 aromatic heterocycles. The molecule has 0 rings (SSSR count). The van der Waals surface area contributed by atoms with E-state index in [9.17, 15) is 0 Å². The summed E-state index contributed by atoms with van der Waals surface area (Å²) in [6, 6.07) is 0. The topological polar surface area (TPSA) is 0 Å². The molecule has 0 aliphatic carbocycles. The van der Waals surface area contributed by atoms with E-state index < -0.39 is 0 Å². The molecule has 0 spiro atoms. The largest absolute Gasteiger partial charge is 0.161 e. The van der Waals surface area contributed by atoms with Crippen LogP contribution >= 0.6 is 45.1 Å². The smallest absolute Gasteiger partial charge is 0.0156 e. The van der Waals surface area contributed by atoms with Crippen LogP contribution in [0.4, 0.5) is 0 Å². The number of thioether (sulfide) groups is 2. The van der Waals surface area contributed by atoms with Crippen LogP contribution in [0.5, 0.6) is 0 Å². The number of hydrogen-bond acceptors (Lipinski definition) is 4. The second kappa shape index (κ2) is 10.9. The highest BCUT2D eigenvalue weighted by Gasteiger charge is 2.07. The molecule has 0 amide bonds. The Labute approximate surface area is 106 Å². The second-order valence-electron chi connectivity index (χ2n) is 3.10. The van der Waals surface area contributed by atoms with Crippen LogP contribution in [0.2, 0.25) is 0 Å². The molecule has 0 saturated carbocycles. The first-order valence-corrected chi connectivity index (χ1v) is 10.1. The minimum atomic E-state index is 0.849. The van der Waals surface area contributed by atoms with Crippen molar-refractivity contribution in [3.63, 3.8) is 0 Å². The minimum Gasteiger partial charge on any atom is -0.161 e. The third kappa shape index (κ3) is 7.66. The first kappa shape index (κ1) is 15.4. The highest BCUT2D eigenvalue weighted by molar-refractivity contribution is 8.76. The van der Waals surface area contributed by atoms with Gasteiger partial charge in [0.1, 0.15) is 0 Å². The van der Waals surface area contributed by atoms with E-state index in [4.69, 9.17) is 0 Å². The lowest BCUT2D eigenvalue weighted by molar-refractivity contribution is 0.918. The fourth-order valence-electron chi connectivity index (χ4n) is 0.953. The lowest BCUT2D eigenvalue weighted by atomic mass is 10.4. The molecule has 0 aromatic carbocycles. The summed E-state index contributed by atoms with van der Waals surface area (Å²) in [6.07, 6.45) is 7.04. The number of rotatable bonds is 9. The summed E-state index contributed by atoms with van der Waals surface area (Å²) in [6.45, 7) is 4.56. The predicted octanol–water partition coefficient (Wildman–Crippen LogP) is 4.65. The van der Waals surface area contributed by atoms with E-state index >= 15 is 0 Å². The maximum absolute atomic E-state index is 2.28. The van der Waals surface area contributed by atoms with Gasteiger partial charge in [-0.25, -0.2) is 0 Å². The van der Waals surface area contributed by atoms with Gasteiger partial charge in [0.25, 0.3) is 0 Å². The van der Waals surface area contributed by atoms with Crippen LogP contribution in [-0.4, -0.2) is 34.5 Å². The average Bonchev–Trinajstić information content (AvgIpc) is 2.24. The van der Waals surface area contributed by atoms with Crippen molar-refractivity contribution in [3.05, 3.63) is 0 Å². The van der Waals surface area contributed by atoms with E-state index in [1.165, 1.54) is 24.3 Å². The van der Waals surface area contributed by atoms with Gasteiger partial charge in [-0.15, -0.1) is 0 Å².